The second-order valence-electron chi connectivity index (χ2n) is 5.19. The second kappa shape index (κ2) is 6.19. The van der Waals surface area contributed by atoms with E-state index in [2.05, 4.69) is 11.8 Å². The Labute approximate surface area is 109 Å². The van der Waals surface area contributed by atoms with Crippen molar-refractivity contribution in [2.24, 2.45) is 0 Å². The molecule has 1 aromatic carbocycles. The zero-order chi connectivity index (χ0) is 13.0. The molecule has 0 radical (unpaired) electrons. The van der Waals surface area contributed by atoms with Gasteiger partial charge in [-0.3, -0.25) is 4.90 Å². The van der Waals surface area contributed by atoms with Crippen LogP contribution in [-0.2, 0) is 6.54 Å². The number of rotatable bonds is 3. The van der Waals surface area contributed by atoms with Gasteiger partial charge in [-0.15, -0.1) is 0 Å². The van der Waals surface area contributed by atoms with Gasteiger partial charge in [-0.05, 0) is 37.4 Å². The van der Waals surface area contributed by atoms with E-state index in [9.17, 15) is 4.39 Å². The first kappa shape index (κ1) is 13.3. The molecule has 1 heterocycles. The zero-order valence-electron chi connectivity index (χ0n) is 11.2. The second-order valence-corrected chi connectivity index (χ2v) is 5.19. The van der Waals surface area contributed by atoms with E-state index in [4.69, 9.17) is 5.73 Å². The Kier molecular flexibility index (Phi) is 4.59. The summed E-state index contributed by atoms with van der Waals surface area (Å²) in [5.41, 5.74) is 7.07. The number of anilines is 1. The molecule has 2 rings (SSSR count). The van der Waals surface area contributed by atoms with Gasteiger partial charge in [-0.1, -0.05) is 31.9 Å². The lowest BCUT2D eigenvalue weighted by atomic mass is 10.1. The van der Waals surface area contributed by atoms with Crippen molar-refractivity contribution in [2.45, 2.75) is 51.6 Å². The lowest BCUT2D eigenvalue weighted by molar-refractivity contribution is 0.186. The first-order valence-electron chi connectivity index (χ1n) is 6.99. The highest BCUT2D eigenvalue weighted by Gasteiger charge is 2.20. The number of nitrogens with two attached hydrogens (primary N) is 1. The topological polar surface area (TPSA) is 29.3 Å². The molecule has 0 aliphatic carbocycles. The average Bonchev–Trinajstić information content (AvgIpc) is 2.60. The molecule has 1 unspecified atom stereocenters. The lowest BCUT2D eigenvalue weighted by Gasteiger charge is -2.29. The molecule has 0 amide bonds. The van der Waals surface area contributed by atoms with E-state index in [0.717, 1.165) is 25.1 Å². The van der Waals surface area contributed by atoms with Crippen LogP contribution in [0.4, 0.5) is 10.1 Å². The number of hydrogen-bond donors (Lipinski definition) is 1. The molecule has 2 N–H and O–H groups in total. The van der Waals surface area contributed by atoms with Gasteiger partial charge in [0, 0.05) is 12.6 Å². The van der Waals surface area contributed by atoms with E-state index in [1.807, 2.05) is 6.07 Å². The third-order valence-corrected chi connectivity index (χ3v) is 3.99. The molecule has 0 saturated carbocycles. The minimum atomic E-state index is -0.296. The Hall–Kier alpha value is -1.09. The molecular formula is C15H23FN2. The van der Waals surface area contributed by atoms with Gasteiger partial charge in [0.2, 0.25) is 0 Å². The number of halogens is 1. The molecule has 0 bridgehead atoms. The molecule has 1 atom stereocenters. The lowest BCUT2D eigenvalue weighted by Crippen LogP contribution is -2.34. The smallest absolute Gasteiger partial charge is 0.146 e. The molecule has 1 aliphatic rings. The van der Waals surface area contributed by atoms with Crippen molar-refractivity contribution in [1.29, 1.82) is 0 Å². The van der Waals surface area contributed by atoms with Gasteiger partial charge in [0.15, 0.2) is 0 Å². The summed E-state index contributed by atoms with van der Waals surface area (Å²) in [7, 11) is 0. The maximum Gasteiger partial charge on any atom is 0.146 e. The Morgan fingerprint density at radius 3 is 2.94 bits per heavy atom. The summed E-state index contributed by atoms with van der Waals surface area (Å²) in [6.45, 7) is 4.12. The Balaban J connectivity index is 2.12. The van der Waals surface area contributed by atoms with Crippen molar-refractivity contribution < 1.29 is 4.39 Å². The number of nitrogens with zero attached hydrogens (tertiary/aromatic N) is 1. The van der Waals surface area contributed by atoms with Crippen LogP contribution in [0, 0.1) is 5.82 Å². The van der Waals surface area contributed by atoms with Crippen molar-refractivity contribution >= 4 is 5.69 Å². The monoisotopic (exact) mass is 250 g/mol. The molecular weight excluding hydrogens is 227 g/mol. The summed E-state index contributed by atoms with van der Waals surface area (Å²) in [6.07, 6.45) is 6.28. The summed E-state index contributed by atoms with van der Waals surface area (Å²) >= 11 is 0. The number of likely N-dealkylation sites (tertiary alicyclic amines) is 1. The molecule has 100 valence electrons. The van der Waals surface area contributed by atoms with Gasteiger partial charge in [0.25, 0.3) is 0 Å². The zero-order valence-corrected chi connectivity index (χ0v) is 11.2. The van der Waals surface area contributed by atoms with Crippen molar-refractivity contribution in [3.05, 3.63) is 29.6 Å². The van der Waals surface area contributed by atoms with E-state index in [1.54, 1.807) is 6.07 Å². The molecule has 2 nitrogen and oxygen atoms in total. The summed E-state index contributed by atoms with van der Waals surface area (Å²) < 4.78 is 13.4. The van der Waals surface area contributed by atoms with Crippen molar-refractivity contribution in [1.82, 2.24) is 4.90 Å². The van der Waals surface area contributed by atoms with Gasteiger partial charge < -0.3 is 5.73 Å². The summed E-state index contributed by atoms with van der Waals surface area (Å²) in [5.74, 6) is -0.296. The Morgan fingerprint density at radius 2 is 2.17 bits per heavy atom. The maximum atomic E-state index is 13.4. The molecule has 0 spiro atoms. The molecule has 1 saturated heterocycles. The summed E-state index contributed by atoms with van der Waals surface area (Å²) in [4.78, 5) is 2.47. The van der Waals surface area contributed by atoms with Crippen molar-refractivity contribution in [2.75, 3.05) is 12.3 Å². The van der Waals surface area contributed by atoms with Crippen LogP contribution in [0.2, 0.25) is 0 Å². The minimum absolute atomic E-state index is 0.296. The van der Waals surface area contributed by atoms with Crippen molar-refractivity contribution in [3.8, 4) is 0 Å². The molecule has 1 aromatic rings. The molecule has 18 heavy (non-hydrogen) atoms. The van der Waals surface area contributed by atoms with Crippen LogP contribution in [0.15, 0.2) is 18.2 Å². The first-order chi connectivity index (χ1) is 8.72. The number of hydrogen-bond acceptors (Lipinski definition) is 2. The van der Waals surface area contributed by atoms with E-state index in [1.165, 1.54) is 31.7 Å². The standard InChI is InChI=1S/C15H23FN2/c1-2-13-8-4-3-5-10-18(13)11-12-7-6-9-14(16)15(12)17/h6-7,9,13H,2-5,8,10-11,17H2,1H3. The molecule has 3 heteroatoms. The third kappa shape index (κ3) is 3.02. The van der Waals surface area contributed by atoms with Crippen LogP contribution in [-0.4, -0.2) is 17.5 Å². The van der Waals surface area contributed by atoms with Gasteiger partial charge in [0.1, 0.15) is 5.82 Å². The molecule has 1 fully saturated rings. The van der Waals surface area contributed by atoms with Crippen LogP contribution >= 0.6 is 0 Å². The highest BCUT2D eigenvalue weighted by atomic mass is 19.1. The average molecular weight is 250 g/mol. The maximum absolute atomic E-state index is 13.4. The SMILES string of the molecule is CCC1CCCCCN1Cc1cccc(F)c1N. The van der Waals surface area contributed by atoms with Crippen molar-refractivity contribution in [3.63, 3.8) is 0 Å². The van der Waals surface area contributed by atoms with E-state index in [0.29, 0.717) is 11.7 Å². The van der Waals surface area contributed by atoms with E-state index >= 15 is 0 Å². The highest BCUT2D eigenvalue weighted by Crippen LogP contribution is 2.24. The van der Waals surface area contributed by atoms with E-state index in [-0.39, 0.29) is 5.82 Å². The predicted molar refractivity (Wildman–Crippen MR) is 73.8 cm³/mol. The van der Waals surface area contributed by atoms with Gasteiger partial charge >= 0.3 is 0 Å². The van der Waals surface area contributed by atoms with Crippen LogP contribution in [0.1, 0.15) is 44.6 Å². The normalized spacial score (nSPS) is 21.8. The van der Waals surface area contributed by atoms with Gasteiger partial charge in [-0.25, -0.2) is 4.39 Å². The van der Waals surface area contributed by atoms with Crippen LogP contribution < -0.4 is 5.73 Å². The summed E-state index contributed by atoms with van der Waals surface area (Å²) in [5, 5.41) is 0. The fourth-order valence-electron chi connectivity index (χ4n) is 2.85. The van der Waals surface area contributed by atoms with Gasteiger partial charge in [-0.2, -0.15) is 0 Å². The fourth-order valence-corrected chi connectivity index (χ4v) is 2.85. The third-order valence-electron chi connectivity index (χ3n) is 3.99. The predicted octanol–water partition coefficient (Wildman–Crippen LogP) is 3.56. The van der Waals surface area contributed by atoms with Gasteiger partial charge in [0.05, 0.1) is 5.69 Å². The number of para-hydroxylation sites is 1. The molecule has 1 aliphatic heterocycles. The molecule has 0 aromatic heterocycles. The Morgan fingerprint density at radius 1 is 1.33 bits per heavy atom. The van der Waals surface area contributed by atoms with E-state index < -0.39 is 0 Å². The number of nitrogen functional groups attached to an aromatic ring is 1. The first-order valence-corrected chi connectivity index (χ1v) is 6.99. The largest absolute Gasteiger partial charge is 0.396 e. The fraction of sp³-hybridized carbons (Fsp3) is 0.600. The number of benzene rings is 1. The summed E-state index contributed by atoms with van der Waals surface area (Å²) in [6, 6.07) is 5.74. The highest BCUT2D eigenvalue weighted by molar-refractivity contribution is 5.47. The van der Waals surface area contributed by atoms with Crippen LogP contribution in [0.5, 0.6) is 0 Å². The van der Waals surface area contributed by atoms with Crippen LogP contribution in [0.3, 0.4) is 0 Å². The minimum Gasteiger partial charge on any atom is -0.396 e. The Bertz CT molecular complexity index is 392. The van der Waals surface area contributed by atoms with Crippen LogP contribution in [0.25, 0.3) is 0 Å². The quantitative estimate of drug-likeness (QED) is 0.831.